The molecule has 1 aromatic carbocycles. The van der Waals surface area contributed by atoms with Gasteiger partial charge in [0.05, 0.1) is 18.0 Å². The van der Waals surface area contributed by atoms with Crippen LogP contribution in [0.2, 0.25) is 5.02 Å². The molecular weight excluding hydrogens is 263 g/mol. The van der Waals surface area contributed by atoms with Crippen LogP contribution in [-0.2, 0) is 11.3 Å². The number of halogens is 2. The first kappa shape index (κ1) is 12.4. The second-order valence-electron chi connectivity index (χ2n) is 3.47. The monoisotopic (exact) mass is 270 g/mol. The quantitative estimate of drug-likeness (QED) is 0.913. The summed E-state index contributed by atoms with van der Waals surface area (Å²) in [7, 11) is 0. The van der Waals surface area contributed by atoms with E-state index in [-0.39, 0.29) is 23.8 Å². The van der Waals surface area contributed by atoms with Crippen LogP contribution < -0.4 is 0 Å². The lowest BCUT2D eigenvalue weighted by molar-refractivity contribution is -0.137. The van der Waals surface area contributed by atoms with E-state index in [1.165, 1.54) is 16.8 Å². The molecule has 0 aliphatic heterocycles. The number of benzene rings is 1. The number of carboxylic acids is 1. The Morgan fingerprint density at radius 3 is 3.00 bits per heavy atom. The molecule has 0 aliphatic rings. The first-order chi connectivity index (χ1) is 8.59. The summed E-state index contributed by atoms with van der Waals surface area (Å²) in [4.78, 5) is 10.5. The third-order valence-corrected chi connectivity index (χ3v) is 2.65. The van der Waals surface area contributed by atoms with Gasteiger partial charge >= 0.3 is 5.97 Å². The van der Waals surface area contributed by atoms with Crippen molar-refractivity contribution in [3.05, 3.63) is 29.0 Å². The van der Waals surface area contributed by atoms with Crippen molar-refractivity contribution in [2.75, 3.05) is 0 Å². The van der Waals surface area contributed by atoms with Gasteiger partial charge in [-0.05, 0) is 22.6 Å². The van der Waals surface area contributed by atoms with Crippen molar-refractivity contribution in [3.8, 4) is 11.4 Å². The Bertz CT molecular complexity index is 587. The van der Waals surface area contributed by atoms with Crippen LogP contribution in [-0.4, -0.2) is 31.3 Å². The molecule has 1 N–H and O–H groups in total. The van der Waals surface area contributed by atoms with Gasteiger partial charge in [0.1, 0.15) is 5.82 Å². The van der Waals surface area contributed by atoms with Crippen LogP contribution >= 0.6 is 11.6 Å². The Labute approximate surface area is 106 Å². The lowest BCUT2D eigenvalue weighted by Gasteiger charge is -2.05. The Morgan fingerprint density at radius 1 is 1.50 bits per heavy atom. The molecule has 0 aliphatic carbocycles. The molecule has 0 bridgehead atoms. The van der Waals surface area contributed by atoms with Crippen LogP contribution in [0.15, 0.2) is 18.2 Å². The van der Waals surface area contributed by atoms with Gasteiger partial charge < -0.3 is 5.11 Å². The second-order valence-corrected chi connectivity index (χ2v) is 3.85. The number of tetrazole rings is 1. The highest BCUT2D eigenvalue weighted by atomic mass is 35.5. The molecule has 0 saturated carbocycles. The molecule has 0 fully saturated rings. The van der Waals surface area contributed by atoms with E-state index in [2.05, 4.69) is 15.5 Å². The van der Waals surface area contributed by atoms with Crippen LogP contribution in [0, 0.1) is 5.82 Å². The summed E-state index contributed by atoms with van der Waals surface area (Å²) in [5.41, 5.74) is 0.326. The fourth-order valence-corrected chi connectivity index (χ4v) is 1.64. The van der Waals surface area contributed by atoms with Gasteiger partial charge in [-0.1, -0.05) is 17.7 Å². The Kier molecular flexibility index (Phi) is 3.52. The van der Waals surface area contributed by atoms with Crippen LogP contribution in [0.25, 0.3) is 11.4 Å². The molecule has 8 heteroatoms. The van der Waals surface area contributed by atoms with Gasteiger partial charge in [0.25, 0.3) is 0 Å². The van der Waals surface area contributed by atoms with E-state index in [9.17, 15) is 9.18 Å². The fraction of sp³-hybridized carbons (Fsp3) is 0.200. The summed E-state index contributed by atoms with van der Waals surface area (Å²) in [5, 5.41) is 19.3. The fourth-order valence-electron chi connectivity index (χ4n) is 1.43. The molecule has 0 atom stereocenters. The highest BCUT2D eigenvalue weighted by Crippen LogP contribution is 2.27. The van der Waals surface area contributed by atoms with Crippen molar-refractivity contribution in [1.29, 1.82) is 0 Å². The minimum Gasteiger partial charge on any atom is -0.481 e. The molecule has 0 saturated heterocycles. The minimum absolute atomic E-state index is 0.0878. The van der Waals surface area contributed by atoms with Crippen molar-refractivity contribution >= 4 is 17.6 Å². The number of aliphatic carboxylic acids is 1. The van der Waals surface area contributed by atoms with E-state index in [0.29, 0.717) is 5.56 Å². The molecule has 0 unspecified atom stereocenters. The number of aryl methyl sites for hydroxylation is 1. The van der Waals surface area contributed by atoms with Gasteiger partial charge in [0, 0.05) is 5.56 Å². The number of carboxylic acid groups (broad SMARTS) is 1. The normalized spacial score (nSPS) is 10.6. The molecular formula is C10H8ClFN4O2. The van der Waals surface area contributed by atoms with Gasteiger partial charge in [0.15, 0.2) is 5.82 Å². The number of hydrogen-bond donors (Lipinski definition) is 1. The highest BCUT2D eigenvalue weighted by molar-refractivity contribution is 6.33. The summed E-state index contributed by atoms with van der Waals surface area (Å²) in [6.07, 6.45) is -0.134. The van der Waals surface area contributed by atoms with E-state index < -0.39 is 11.8 Å². The van der Waals surface area contributed by atoms with E-state index in [1.54, 1.807) is 6.07 Å². The molecule has 1 aromatic heterocycles. The molecule has 94 valence electrons. The zero-order valence-corrected chi connectivity index (χ0v) is 9.80. The van der Waals surface area contributed by atoms with Crippen LogP contribution in [0.1, 0.15) is 6.42 Å². The number of carbonyl (C=O) groups is 1. The van der Waals surface area contributed by atoms with Crippen LogP contribution in [0.3, 0.4) is 0 Å². The van der Waals surface area contributed by atoms with E-state index in [1.807, 2.05) is 0 Å². The lowest BCUT2D eigenvalue weighted by Crippen LogP contribution is -2.08. The Morgan fingerprint density at radius 2 is 2.28 bits per heavy atom. The van der Waals surface area contributed by atoms with Crippen LogP contribution in [0.4, 0.5) is 4.39 Å². The first-order valence-electron chi connectivity index (χ1n) is 5.02. The maximum absolute atomic E-state index is 13.3. The van der Waals surface area contributed by atoms with Gasteiger partial charge in [0.2, 0.25) is 0 Å². The van der Waals surface area contributed by atoms with Crippen molar-refractivity contribution in [1.82, 2.24) is 20.2 Å². The summed E-state index contributed by atoms with van der Waals surface area (Å²) in [6, 6.07) is 4.26. The Balaban J connectivity index is 2.36. The molecule has 2 aromatic rings. The molecule has 0 radical (unpaired) electrons. The zero-order chi connectivity index (χ0) is 13.1. The summed E-state index contributed by atoms with van der Waals surface area (Å²) >= 11 is 5.82. The summed E-state index contributed by atoms with van der Waals surface area (Å²) < 4.78 is 14.6. The second kappa shape index (κ2) is 5.09. The predicted molar refractivity (Wildman–Crippen MR) is 60.5 cm³/mol. The molecule has 2 rings (SSSR count). The van der Waals surface area contributed by atoms with E-state index in [0.717, 1.165) is 0 Å². The third-order valence-electron chi connectivity index (χ3n) is 2.26. The summed E-state index contributed by atoms with van der Waals surface area (Å²) in [5.74, 6) is -1.32. The highest BCUT2D eigenvalue weighted by Gasteiger charge is 2.15. The largest absolute Gasteiger partial charge is 0.481 e. The predicted octanol–water partition coefficient (Wildman–Crippen LogP) is 1.61. The standard InChI is InChI=1S/C10H8ClFN4O2/c11-9-6(2-1-3-7(9)12)10-13-14-15-16(10)5-4-8(17)18/h1-3H,4-5H2,(H,17,18). The summed E-state index contributed by atoms with van der Waals surface area (Å²) in [6.45, 7) is 0.0878. The average Bonchev–Trinajstić information content (AvgIpc) is 2.78. The SMILES string of the molecule is O=C(O)CCn1nnnc1-c1cccc(F)c1Cl. The maximum Gasteiger partial charge on any atom is 0.305 e. The third kappa shape index (κ3) is 2.45. The van der Waals surface area contributed by atoms with Crippen molar-refractivity contribution in [2.45, 2.75) is 13.0 Å². The number of rotatable bonds is 4. The van der Waals surface area contributed by atoms with E-state index >= 15 is 0 Å². The number of aromatic nitrogens is 4. The van der Waals surface area contributed by atoms with Crippen LogP contribution in [0.5, 0.6) is 0 Å². The minimum atomic E-state index is -0.971. The molecule has 18 heavy (non-hydrogen) atoms. The average molecular weight is 271 g/mol. The molecule has 6 nitrogen and oxygen atoms in total. The van der Waals surface area contributed by atoms with Gasteiger partial charge in [-0.2, -0.15) is 0 Å². The van der Waals surface area contributed by atoms with Gasteiger partial charge in [-0.25, -0.2) is 9.07 Å². The van der Waals surface area contributed by atoms with Crippen molar-refractivity contribution in [2.24, 2.45) is 0 Å². The first-order valence-corrected chi connectivity index (χ1v) is 5.39. The topological polar surface area (TPSA) is 80.9 Å². The van der Waals surface area contributed by atoms with Gasteiger partial charge in [-0.3, -0.25) is 4.79 Å². The lowest BCUT2D eigenvalue weighted by atomic mass is 10.2. The van der Waals surface area contributed by atoms with E-state index in [4.69, 9.17) is 16.7 Å². The zero-order valence-electron chi connectivity index (χ0n) is 9.05. The smallest absolute Gasteiger partial charge is 0.305 e. The number of nitrogens with zero attached hydrogens (tertiary/aromatic N) is 4. The molecule has 1 heterocycles. The van der Waals surface area contributed by atoms with Gasteiger partial charge in [-0.15, -0.1) is 5.10 Å². The maximum atomic E-state index is 13.3. The molecule has 0 amide bonds. The Hall–Kier alpha value is -2.02. The van der Waals surface area contributed by atoms with Crippen molar-refractivity contribution < 1.29 is 14.3 Å². The molecule has 0 spiro atoms. The van der Waals surface area contributed by atoms with Crippen molar-refractivity contribution in [3.63, 3.8) is 0 Å². The number of hydrogen-bond acceptors (Lipinski definition) is 4.